The second-order valence-corrected chi connectivity index (χ2v) is 8.82. The van der Waals surface area contributed by atoms with Crippen LogP contribution in [-0.2, 0) is 19.1 Å². The molecule has 2 aromatic heterocycles. The van der Waals surface area contributed by atoms with E-state index >= 15 is 0 Å². The molecule has 1 saturated heterocycles. The van der Waals surface area contributed by atoms with Crippen LogP contribution in [0.15, 0.2) is 77.4 Å². The fourth-order valence-corrected chi connectivity index (χ4v) is 4.56. The number of carbonyl (C=O) groups is 1. The SMILES string of the molecule is O=C(c1ccco1)N1CCN([C@H](c2ccc(C(F)(F)F)cc2)c2nnnn2CCc2ccccc2)CC1. The van der Waals surface area contributed by atoms with E-state index in [4.69, 9.17) is 4.42 Å². The second kappa shape index (κ2) is 10.6. The molecule has 4 aromatic rings. The van der Waals surface area contributed by atoms with Gasteiger partial charge in [0, 0.05) is 32.7 Å². The largest absolute Gasteiger partial charge is 0.459 e. The Morgan fingerprint density at radius 1 is 0.946 bits per heavy atom. The van der Waals surface area contributed by atoms with E-state index in [9.17, 15) is 18.0 Å². The summed E-state index contributed by atoms with van der Waals surface area (Å²) in [5.41, 5.74) is 1.06. The molecule has 8 nitrogen and oxygen atoms in total. The monoisotopic (exact) mass is 510 g/mol. The molecular formula is C26H25F3N6O2. The summed E-state index contributed by atoms with van der Waals surface area (Å²) in [7, 11) is 0. The highest BCUT2D eigenvalue weighted by molar-refractivity contribution is 5.91. The summed E-state index contributed by atoms with van der Waals surface area (Å²) in [5, 5.41) is 12.4. The molecule has 0 saturated carbocycles. The topological polar surface area (TPSA) is 80.3 Å². The van der Waals surface area contributed by atoms with Gasteiger partial charge in [-0.05, 0) is 52.2 Å². The first kappa shape index (κ1) is 24.7. The molecule has 0 radical (unpaired) electrons. The normalized spacial score (nSPS) is 15.6. The van der Waals surface area contributed by atoms with Crippen LogP contribution in [0.3, 0.4) is 0 Å². The van der Waals surface area contributed by atoms with Crippen LogP contribution in [0.25, 0.3) is 0 Å². The average molecular weight is 511 g/mol. The van der Waals surface area contributed by atoms with Gasteiger partial charge < -0.3 is 9.32 Å². The Labute approximate surface area is 211 Å². The zero-order valence-electron chi connectivity index (χ0n) is 19.9. The van der Waals surface area contributed by atoms with Crippen molar-refractivity contribution >= 4 is 5.91 Å². The quantitative estimate of drug-likeness (QED) is 0.373. The highest BCUT2D eigenvalue weighted by Gasteiger charge is 2.34. The number of rotatable bonds is 7. The fourth-order valence-electron chi connectivity index (χ4n) is 4.56. The van der Waals surface area contributed by atoms with Gasteiger partial charge in [0.15, 0.2) is 11.6 Å². The van der Waals surface area contributed by atoms with Gasteiger partial charge in [-0.3, -0.25) is 9.69 Å². The lowest BCUT2D eigenvalue weighted by Crippen LogP contribution is -2.50. The molecule has 1 aliphatic heterocycles. The van der Waals surface area contributed by atoms with Crippen molar-refractivity contribution in [3.05, 3.63) is 101 Å². The minimum Gasteiger partial charge on any atom is -0.459 e. The number of furan rings is 1. The maximum absolute atomic E-state index is 13.2. The number of tetrazole rings is 1. The molecule has 1 fully saturated rings. The Balaban J connectivity index is 1.40. The molecule has 3 heterocycles. The number of benzene rings is 2. The van der Waals surface area contributed by atoms with Gasteiger partial charge in [-0.25, -0.2) is 4.68 Å². The number of carbonyl (C=O) groups excluding carboxylic acids is 1. The van der Waals surface area contributed by atoms with Crippen molar-refractivity contribution < 1.29 is 22.4 Å². The van der Waals surface area contributed by atoms with Crippen molar-refractivity contribution in [2.45, 2.75) is 25.2 Å². The van der Waals surface area contributed by atoms with E-state index in [0.717, 1.165) is 17.7 Å². The average Bonchev–Trinajstić information content (AvgIpc) is 3.61. The van der Waals surface area contributed by atoms with E-state index < -0.39 is 17.8 Å². The fraction of sp³-hybridized carbons (Fsp3) is 0.308. The van der Waals surface area contributed by atoms with Crippen LogP contribution in [0.4, 0.5) is 13.2 Å². The zero-order valence-corrected chi connectivity index (χ0v) is 19.9. The van der Waals surface area contributed by atoms with Crippen LogP contribution >= 0.6 is 0 Å². The number of hydrogen-bond acceptors (Lipinski definition) is 6. The van der Waals surface area contributed by atoms with Crippen LogP contribution < -0.4 is 0 Å². The predicted octanol–water partition coefficient (Wildman–Crippen LogP) is 4.08. The van der Waals surface area contributed by atoms with Crippen molar-refractivity contribution in [2.75, 3.05) is 26.2 Å². The van der Waals surface area contributed by atoms with Crippen molar-refractivity contribution in [1.29, 1.82) is 0 Å². The van der Waals surface area contributed by atoms with Gasteiger partial charge in [-0.1, -0.05) is 42.5 Å². The van der Waals surface area contributed by atoms with Crippen LogP contribution in [0.2, 0.25) is 0 Å². The number of nitrogens with zero attached hydrogens (tertiary/aromatic N) is 6. The van der Waals surface area contributed by atoms with Crippen molar-refractivity contribution in [1.82, 2.24) is 30.0 Å². The lowest BCUT2D eigenvalue weighted by atomic mass is 10.0. The molecule has 0 spiro atoms. The smallest absolute Gasteiger partial charge is 0.416 e. The number of aryl methyl sites for hydroxylation is 2. The molecule has 0 bridgehead atoms. The zero-order chi connectivity index (χ0) is 25.8. The molecule has 5 rings (SSSR count). The Hall–Kier alpha value is -3.99. The highest BCUT2D eigenvalue weighted by Crippen LogP contribution is 2.33. The molecule has 192 valence electrons. The first-order valence-electron chi connectivity index (χ1n) is 11.9. The van der Waals surface area contributed by atoms with Gasteiger partial charge in [0.2, 0.25) is 0 Å². The molecule has 1 aliphatic rings. The maximum atomic E-state index is 13.2. The molecule has 1 amide bonds. The number of halogens is 3. The van der Waals surface area contributed by atoms with E-state index in [2.05, 4.69) is 20.4 Å². The number of aromatic nitrogens is 4. The summed E-state index contributed by atoms with van der Waals surface area (Å²) in [4.78, 5) is 16.5. The summed E-state index contributed by atoms with van der Waals surface area (Å²) in [6.07, 6.45) is -2.27. The third-order valence-corrected chi connectivity index (χ3v) is 6.51. The van der Waals surface area contributed by atoms with Gasteiger partial charge in [0.25, 0.3) is 5.91 Å². The molecular weight excluding hydrogens is 485 g/mol. The Morgan fingerprint density at radius 2 is 1.68 bits per heavy atom. The van der Waals surface area contributed by atoms with Crippen molar-refractivity contribution in [3.63, 3.8) is 0 Å². The number of amides is 1. The molecule has 0 N–H and O–H groups in total. The first-order valence-corrected chi connectivity index (χ1v) is 11.9. The minimum atomic E-state index is -4.43. The molecule has 1 atom stereocenters. The van der Waals surface area contributed by atoms with Crippen LogP contribution in [0, 0.1) is 0 Å². The first-order chi connectivity index (χ1) is 17.9. The van der Waals surface area contributed by atoms with E-state index in [0.29, 0.717) is 50.5 Å². The second-order valence-electron chi connectivity index (χ2n) is 8.82. The lowest BCUT2D eigenvalue weighted by Gasteiger charge is -2.38. The summed E-state index contributed by atoms with van der Waals surface area (Å²) < 4.78 is 46.6. The van der Waals surface area contributed by atoms with Crippen LogP contribution in [0.5, 0.6) is 0 Å². The Bertz CT molecular complexity index is 1300. The molecule has 0 aliphatic carbocycles. The van der Waals surface area contributed by atoms with Gasteiger partial charge in [0.05, 0.1) is 17.9 Å². The van der Waals surface area contributed by atoms with E-state index in [1.807, 2.05) is 30.3 Å². The van der Waals surface area contributed by atoms with E-state index in [-0.39, 0.29) is 11.7 Å². The number of piperazine rings is 1. The highest BCUT2D eigenvalue weighted by atomic mass is 19.4. The van der Waals surface area contributed by atoms with Gasteiger partial charge in [-0.2, -0.15) is 13.2 Å². The minimum absolute atomic E-state index is 0.191. The molecule has 37 heavy (non-hydrogen) atoms. The summed E-state index contributed by atoms with van der Waals surface area (Å²) in [6.45, 7) is 2.36. The third kappa shape index (κ3) is 5.56. The van der Waals surface area contributed by atoms with Gasteiger partial charge in [0.1, 0.15) is 0 Å². The Morgan fingerprint density at radius 3 is 2.32 bits per heavy atom. The van der Waals surface area contributed by atoms with E-state index in [1.54, 1.807) is 21.7 Å². The van der Waals surface area contributed by atoms with Crippen molar-refractivity contribution in [3.8, 4) is 0 Å². The maximum Gasteiger partial charge on any atom is 0.416 e. The molecule has 2 aromatic carbocycles. The standard InChI is InChI=1S/C26H25F3N6O2/c27-26(28,29)21-10-8-20(9-11-21)23(24-30-31-32-35(24)13-12-19-5-2-1-3-6-19)33-14-16-34(17-15-33)25(36)22-7-4-18-37-22/h1-11,18,23H,12-17H2/t23-/m1/s1. The molecule has 0 unspecified atom stereocenters. The van der Waals surface area contributed by atoms with Crippen LogP contribution in [-0.4, -0.2) is 62.1 Å². The number of hydrogen-bond donors (Lipinski definition) is 0. The van der Waals surface area contributed by atoms with Gasteiger partial charge >= 0.3 is 6.18 Å². The summed E-state index contributed by atoms with van der Waals surface area (Å²) in [5.74, 6) is 0.627. The lowest BCUT2D eigenvalue weighted by molar-refractivity contribution is -0.137. The van der Waals surface area contributed by atoms with Gasteiger partial charge in [-0.15, -0.1) is 5.10 Å². The third-order valence-electron chi connectivity index (χ3n) is 6.51. The van der Waals surface area contributed by atoms with Crippen molar-refractivity contribution in [2.24, 2.45) is 0 Å². The van der Waals surface area contributed by atoms with E-state index in [1.165, 1.54) is 18.4 Å². The number of alkyl halides is 3. The Kier molecular flexibility index (Phi) is 7.04. The predicted molar refractivity (Wildman–Crippen MR) is 127 cm³/mol. The summed E-state index contributed by atoms with van der Waals surface area (Å²) >= 11 is 0. The molecule has 11 heteroatoms. The summed E-state index contributed by atoms with van der Waals surface area (Å²) in [6, 6.07) is 17.8. The van der Waals surface area contributed by atoms with Crippen LogP contribution in [0.1, 0.15) is 39.1 Å².